The Kier molecular flexibility index (Phi) is 5.63. The highest BCUT2D eigenvalue weighted by atomic mass is 16.5. The summed E-state index contributed by atoms with van der Waals surface area (Å²) in [7, 11) is 5.05. The van der Waals surface area contributed by atoms with Crippen molar-refractivity contribution in [1.82, 2.24) is 4.90 Å². The van der Waals surface area contributed by atoms with Crippen LogP contribution in [0, 0.1) is 6.92 Å². The summed E-state index contributed by atoms with van der Waals surface area (Å²) in [5, 5.41) is 8.71. The molecule has 106 valence electrons. The van der Waals surface area contributed by atoms with Gasteiger partial charge in [0.2, 0.25) is 0 Å². The van der Waals surface area contributed by atoms with Gasteiger partial charge in [0.15, 0.2) is 0 Å². The van der Waals surface area contributed by atoms with Gasteiger partial charge in [0.05, 0.1) is 20.8 Å². The SMILES string of the molecule is COc1cc(CCN(C)CC(=O)O)c(OC)cc1C. The first-order valence-electron chi connectivity index (χ1n) is 6.09. The molecule has 0 unspecified atom stereocenters. The quantitative estimate of drug-likeness (QED) is 0.812. The van der Waals surface area contributed by atoms with Crippen molar-refractivity contribution >= 4 is 5.97 Å². The summed E-state index contributed by atoms with van der Waals surface area (Å²) < 4.78 is 10.6. The number of aryl methyl sites for hydroxylation is 1. The van der Waals surface area contributed by atoms with E-state index in [0.29, 0.717) is 13.0 Å². The van der Waals surface area contributed by atoms with Crippen molar-refractivity contribution in [3.05, 3.63) is 23.3 Å². The average Bonchev–Trinajstić information content (AvgIpc) is 2.35. The van der Waals surface area contributed by atoms with E-state index in [2.05, 4.69) is 0 Å². The molecule has 0 aliphatic rings. The van der Waals surface area contributed by atoms with E-state index in [9.17, 15) is 4.79 Å². The maximum atomic E-state index is 10.6. The van der Waals surface area contributed by atoms with Crippen molar-refractivity contribution in [3.63, 3.8) is 0 Å². The molecular formula is C14H21NO4. The molecule has 1 aromatic carbocycles. The molecule has 0 bridgehead atoms. The molecule has 0 saturated heterocycles. The lowest BCUT2D eigenvalue weighted by molar-refractivity contribution is -0.137. The fourth-order valence-electron chi connectivity index (χ4n) is 1.93. The second kappa shape index (κ2) is 6.99. The summed E-state index contributed by atoms with van der Waals surface area (Å²) in [6.07, 6.45) is 0.712. The smallest absolute Gasteiger partial charge is 0.317 e. The number of carbonyl (C=O) groups is 1. The van der Waals surface area contributed by atoms with Crippen LogP contribution < -0.4 is 9.47 Å². The van der Waals surface area contributed by atoms with Crippen LogP contribution in [0.5, 0.6) is 11.5 Å². The second-order valence-corrected chi connectivity index (χ2v) is 4.52. The van der Waals surface area contributed by atoms with E-state index in [0.717, 1.165) is 22.6 Å². The van der Waals surface area contributed by atoms with Gasteiger partial charge < -0.3 is 14.6 Å². The zero-order chi connectivity index (χ0) is 14.4. The minimum absolute atomic E-state index is 0.0330. The van der Waals surface area contributed by atoms with Crippen LogP contribution in [0.3, 0.4) is 0 Å². The fraction of sp³-hybridized carbons (Fsp3) is 0.500. The van der Waals surface area contributed by atoms with E-state index in [4.69, 9.17) is 14.6 Å². The molecular weight excluding hydrogens is 246 g/mol. The predicted molar refractivity (Wildman–Crippen MR) is 73.1 cm³/mol. The van der Waals surface area contributed by atoms with E-state index in [-0.39, 0.29) is 6.54 Å². The molecule has 1 N–H and O–H groups in total. The van der Waals surface area contributed by atoms with Gasteiger partial charge in [-0.25, -0.2) is 0 Å². The molecule has 0 amide bonds. The average molecular weight is 267 g/mol. The summed E-state index contributed by atoms with van der Waals surface area (Å²) >= 11 is 0. The highest BCUT2D eigenvalue weighted by Gasteiger charge is 2.10. The van der Waals surface area contributed by atoms with Gasteiger partial charge in [-0.2, -0.15) is 0 Å². The lowest BCUT2D eigenvalue weighted by atomic mass is 10.1. The summed E-state index contributed by atoms with van der Waals surface area (Å²) in [6.45, 7) is 2.64. The molecule has 0 fully saturated rings. The Morgan fingerprint density at radius 1 is 1.26 bits per heavy atom. The number of ether oxygens (including phenoxy) is 2. The number of nitrogens with zero attached hydrogens (tertiary/aromatic N) is 1. The maximum absolute atomic E-state index is 10.6. The van der Waals surface area contributed by atoms with Crippen LogP contribution in [0.4, 0.5) is 0 Å². The van der Waals surface area contributed by atoms with Crippen molar-refractivity contribution in [1.29, 1.82) is 0 Å². The number of rotatable bonds is 7. The molecule has 0 spiro atoms. The number of methoxy groups -OCH3 is 2. The Balaban J connectivity index is 2.79. The van der Waals surface area contributed by atoms with Crippen LogP contribution in [-0.2, 0) is 11.2 Å². The molecule has 5 nitrogen and oxygen atoms in total. The third-order valence-electron chi connectivity index (χ3n) is 2.97. The Morgan fingerprint density at radius 2 is 1.89 bits per heavy atom. The number of carboxylic acids is 1. The van der Waals surface area contributed by atoms with E-state index in [1.807, 2.05) is 19.1 Å². The van der Waals surface area contributed by atoms with E-state index >= 15 is 0 Å². The van der Waals surface area contributed by atoms with Crippen LogP contribution in [0.25, 0.3) is 0 Å². The third-order valence-corrected chi connectivity index (χ3v) is 2.97. The Bertz CT molecular complexity index is 445. The number of hydrogen-bond acceptors (Lipinski definition) is 4. The molecule has 0 saturated carbocycles. The zero-order valence-corrected chi connectivity index (χ0v) is 11.9. The zero-order valence-electron chi connectivity index (χ0n) is 11.9. The van der Waals surface area contributed by atoms with Gasteiger partial charge in [-0.1, -0.05) is 0 Å². The standard InChI is InChI=1S/C14H21NO4/c1-10-7-13(19-4)11(8-12(10)18-3)5-6-15(2)9-14(16)17/h7-8H,5-6,9H2,1-4H3,(H,16,17). The molecule has 0 aromatic heterocycles. The van der Waals surface area contributed by atoms with Gasteiger partial charge >= 0.3 is 5.97 Å². The predicted octanol–water partition coefficient (Wildman–Crippen LogP) is 1.57. The molecule has 5 heteroatoms. The Hall–Kier alpha value is -1.75. The number of likely N-dealkylation sites (N-methyl/N-ethyl adjacent to an activating group) is 1. The van der Waals surface area contributed by atoms with E-state index in [1.54, 1.807) is 26.2 Å². The molecule has 1 aromatic rings. The van der Waals surface area contributed by atoms with Crippen LogP contribution in [-0.4, -0.2) is 50.3 Å². The summed E-state index contributed by atoms with van der Waals surface area (Å²) in [6, 6.07) is 3.88. The van der Waals surface area contributed by atoms with Crippen molar-refractivity contribution in [2.24, 2.45) is 0 Å². The highest BCUT2D eigenvalue weighted by molar-refractivity contribution is 5.69. The number of aliphatic carboxylic acids is 1. The van der Waals surface area contributed by atoms with Crippen LogP contribution >= 0.6 is 0 Å². The summed E-state index contributed by atoms with van der Waals surface area (Å²) in [4.78, 5) is 12.4. The first-order valence-corrected chi connectivity index (χ1v) is 6.09. The van der Waals surface area contributed by atoms with Gasteiger partial charge in [-0.05, 0) is 43.7 Å². The fourth-order valence-corrected chi connectivity index (χ4v) is 1.93. The monoisotopic (exact) mass is 267 g/mol. The number of benzene rings is 1. The van der Waals surface area contributed by atoms with E-state index < -0.39 is 5.97 Å². The van der Waals surface area contributed by atoms with Gasteiger partial charge in [0.1, 0.15) is 11.5 Å². The van der Waals surface area contributed by atoms with Crippen molar-refractivity contribution in [2.75, 3.05) is 34.4 Å². The van der Waals surface area contributed by atoms with Crippen molar-refractivity contribution in [2.45, 2.75) is 13.3 Å². The van der Waals surface area contributed by atoms with Crippen molar-refractivity contribution in [3.8, 4) is 11.5 Å². The van der Waals surface area contributed by atoms with Gasteiger partial charge in [-0.3, -0.25) is 9.69 Å². The first kappa shape index (κ1) is 15.3. The number of carboxylic acid groups (broad SMARTS) is 1. The number of hydrogen-bond donors (Lipinski definition) is 1. The molecule has 0 atom stereocenters. The Labute approximate surface area is 113 Å². The molecule has 0 heterocycles. The van der Waals surface area contributed by atoms with E-state index in [1.165, 1.54) is 0 Å². The summed E-state index contributed by atoms with van der Waals surface area (Å²) in [5.41, 5.74) is 2.03. The highest BCUT2D eigenvalue weighted by Crippen LogP contribution is 2.28. The minimum Gasteiger partial charge on any atom is -0.496 e. The first-order chi connectivity index (χ1) is 8.97. The van der Waals surface area contributed by atoms with Crippen LogP contribution in [0.1, 0.15) is 11.1 Å². The van der Waals surface area contributed by atoms with Gasteiger partial charge in [0.25, 0.3) is 0 Å². The topological polar surface area (TPSA) is 59.0 Å². The second-order valence-electron chi connectivity index (χ2n) is 4.52. The summed E-state index contributed by atoms with van der Waals surface area (Å²) in [5.74, 6) is 0.801. The minimum atomic E-state index is -0.823. The van der Waals surface area contributed by atoms with Gasteiger partial charge in [-0.15, -0.1) is 0 Å². The largest absolute Gasteiger partial charge is 0.496 e. The Morgan fingerprint density at radius 3 is 2.42 bits per heavy atom. The molecule has 0 radical (unpaired) electrons. The molecule has 1 rings (SSSR count). The van der Waals surface area contributed by atoms with Crippen LogP contribution in [0.2, 0.25) is 0 Å². The normalized spacial score (nSPS) is 10.6. The lowest BCUT2D eigenvalue weighted by Crippen LogP contribution is -2.27. The maximum Gasteiger partial charge on any atom is 0.317 e. The van der Waals surface area contributed by atoms with Gasteiger partial charge in [0, 0.05) is 6.54 Å². The molecule has 0 aliphatic heterocycles. The van der Waals surface area contributed by atoms with Crippen LogP contribution in [0.15, 0.2) is 12.1 Å². The van der Waals surface area contributed by atoms with Crippen molar-refractivity contribution < 1.29 is 19.4 Å². The molecule has 0 aliphatic carbocycles. The third kappa shape index (κ3) is 4.44. The molecule has 19 heavy (non-hydrogen) atoms. The lowest BCUT2D eigenvalue weighted by Gasteiger charge is -2.16.